The second kappa shape index (κ2) is 5.02. The van der Waals surface area contributed by atoms with Gasteiger partial charge in [-0.1, -0.05) is 0 Å². The van der Waals surface area contributed by atoms with Crippen LogP contribution in [0.3, 0.4) is 0 Å². The Bertz CT molecular complexity index is 522. The van der Waals surface area contributed by atoms with Gasteiger partial charge in [0.2, 0.25) is 10.0 Å². The van der Waals surface area contributed by atoms with Gasteiger partial charge < -0.3 is 10.2 Å². The number of sulfonamides is 1. The smallest absolute Gasteiger partial charge is 0.336 e. The molecule has 96 valence electrons. The molecule has 0 saturated carbocycles. The van der Waals surface area contributed by atoms with Gasteiger partial charge in [0.15, 0.2) is 5.60 Å². The summed E-state index contributed by atoms with van der Waals surface area (Å²) < 4.78 is 26.1. The van der Waals surface area contributed by atoms with Crippen LogP contribution < -0.4 is 4.72 Å². The molecule has 1 aromatic rings. The number of rotatable bonds is 5. The molecule has 0 spiro atoms. The number of carboxylic acid groups (broad SMARTS) is 1. The highest BCUT2D eigenvalue weighted by molar-refractivity contribution is 9.11. The van der Waals surface area contributed by atoms with Crippen molar-refractivity contribution in [3.63, 3.8) is 0 Å². The first kappa shape index (κ1) is 14.6. The van der Waals surface area contributed by atoms with Crippen LogP contribution in [0.1, 0.15) is 6.92 Å². The van der Waals surface area contributed by atoms with E-state index < -0.39 is 28.1 Å². The predicted octanol–water partition coefficient (Wildman–Crippen LogP) is 0.625. The maximum Gasteiger partial charge on any atom is 0.336 e. The van der Waals surface area contributed by atoms with Crippen LogP contribution in [0, 0.1) is 0 Å². The van der Waals surface area contributed by atoms with E-state index in [2.05, 4.69) is 15.9 Å². The monoisotopic (exact) mass is 343 g/mol. The molecule has 6 nitrogen and oxygen atoms in total. The van der Waals surface area contributed by atoms with E-state index >= 15 is 0 Å². The summed E-state index contributed by atoms with van der Waals surface area (Å²) in [4.78, 5) is 10.6. The summed E-state index contributed by atoms with van der Waals surface area (Å²) in [5, 5.41) is 18.0. The highest BCUT2D eigenvalue weighted by Crippen LogP contribution is 2.25. The van der Waals surface area contributed by atoms with Crippen molar-refractivity contribution in [3.05, 3.63) is 15.9 Å². The standard InChI is InChI=1S/C8H10BrNO5S2/c1-8(13,7(11)12)4-10-17(14,15)6-3-2-5(9)16-6/h2-3,10,13H,4H2,1H3,(H,11,12). The Balaban J connectivity index is 2.79. The van der Waals surface area contributed by atoms with Crippen LogP contribution >= 0.6 is 27.3 Å². The van der Waals surface area contributed by atoms with Crippen molar-refractivity contribution in [1.82, 2.24) is 4.72 Å². The van der Waals surface area contributed by atoms with E-state index in [-0.39, 0.29) is 4.21 Å². The fourth-order valence-electron chi connectivity index (χ4n) is 0.824. The van der Waals surface area contributed by atoms with E-state index in [1.54, 1.807) is 6.07 Å². The van der Waals surface area contributed by atoms with Crippen molar-refractivity contribution in [2.75, 3.05) is 6.54 Å². The van der Waals surface area contributed by atoms with Crippen LogP contribution in [-0.4, -0.2) is 36.7 Å². The van der Waals surface area contributed by atoms with Crippen LogP contribution in [-0.2, 0) is 14.8 Å². The molecule has 0 amide bonds. The number of aliphatic carboxylic acids is 1. The summed E-state index contributed by atoms with van der Waals surface area (Å²) in [6.45, 7) is 0.419. The number of carboxylic acids is 1. The first-order valence-corrected chi connectivity index (χ1v) is 7.45. The third-order valence-electron chi connectivity index (χ3n) is 1.88. The van der Waals surface area contributed by atoms with Gasteiger partial charge in [0, 0.05) is 0 Å². The normalized spacial score (nSPS) is 15.5. The third kappa shape index (κ3) is 3.75. The lowest BCUT2D eigenvalue weighted by Gasteiger charge is -2.17. The zero-order valence-electron chi connectivity index (χ0n) is 8.68. The molecule has 3 N–H and O–H groups in total. The van der Waals surface area contributed by atoms with Gasteiger partial charge in [0.1, 0.15) is 4.21 Å². The Hall–Kier alpha value is -0.480. The molecule has 0 aromatic carbocycles. The number of nitrogens with one attached hydrogen (secondary N) is 1. The second-order valence-electron chi connectivity index (χ2n) is 3.46. The minimum Gasteiger partial charge on any atom is -0.479 e. The van der Waals surface area contributed by atoms with Gasteiger partial charge >= 0.3 is 5.97 Å². The summed E-state index contributed by atoms with van der Waals surface area (Å²) in [6.07, 6.45) is 0. The summed E-state index contributed by atoms with van der Waals surface area (Å²) in [7, 11) is -3.79. The van der Waals surface area contributed by atoms with E-state index in [4.69, 9.17) is 5.11 Å². The first-order valence-electron chi connectivity index (χ1n) is 4.36. The molecule has 1 heterocycles. The Morgan fingerprint density at radius 3 is 2.59 bits per heavy atom. The minimum absolute atomic E-state index is 0.0468. The van der Waals surface area contributed by atoms with E-state index in [0.29, 0.717) is 3.79 Å². The Morgan fingerprint density at radius 2 is 2.18 bits per heavy atom. The zero-order valence-corrected chi connectivity index (χ0v) is 11.9. The van der Waals surface area contributed by atoms with Crippen molar-refractivity contribution in [3.8, 4) is 0 Å². The molecule has 9 heteroatoms. The topological polar surface area (TPSA) is 104 Å². The molecule has 1 atom stereocenters. The number of carbonyl (C=O) groups is 1. The van der Waals surface area contributed by atoms with Crippen molar-refractivity contribution >= 4 is 43.3 Å². The van der Waals surface area contributed by atoms with Gasteiger partial charge in [-0.25, -0.2) is 17.9 Å². The molecular weight excluding hydrogens is 334 g/mol. The van der Waals surface area contributed by atoms with E-state index in [1.807, 2.05) is 4.72 Å². The molecule has 1 rings (SSSR count). The highest BCUT2D eigenvalue weighted by atomic mass is 79.9. The van der Waals surface area contributed by atoms with Gasteiger partial charge in [0.25, 0.3) is 0 Å². The van der Waals surface area contributed by atoms with Gasteiger partial charge in [-0.2, -0.15) is 0 Å². The molecule has 17 heavy (non-hydrogen) atoms. The quantitative estimate of drug-likeness (QED) is 0.727. The molecule has 0 aliphatic rings. The average Bonchev–Trinajstić information content (AvgIpc) is 2.63. The van der Waals surface area contributed by atoms with Crippen molar-refractivity contribution in [2.24, 2.45) is 0 Å². The van der Waals surface area contributed by atoms with E-state index in [9.17, 15) is 18.3 Å². The van der Waals surface area contributed by atoms with Crippen LogP contribution in [0.4, 0.5) is 0 Å². The maximum absolute atomic E-state index is 11.7. The molecule has 0 saturated heterocycles. The Morgan fingerprint density at radius 1 is 1.59 bits per heavy atom. The molecule has 1 unspecified atom stereocenters. The van der Waals surface area contributed by atoms with E-state index in [1.165, 1.54) is 6.07 Å². The van der Waals surface area contributed by atoms with Crippen molar-refractivity contribution in [1.29, 1.82) is 0 Å². The zero-order chi connectivity index (χ0) is 13.3. The number of hydrogen-bond donors (Lipinski definition) is 3. The fourth-order valence-corrected chi connectivity index (χ4v) is 4.01. The van der Waals surface area contributed by atoms with Crippen LogP contribution in [0.25, 0.3) is 0 Å². The minimum atomic E-state index is -3.79. The summed E-state index contributed by atoms with van der Waals surface area (Å²) >= 11 is 4.11. The van der Waals surface area contributed by atoms with Gasteiger partial charge in [-0.15, -0.1) is 11.3 Å². The number of halogens is 1. The molecule has 0 fully saturated rings. The van der Waals surface area contributed by atoms with Crippen molar-refractivity contribution < 1.29 is 23.4 Å². The SMILES string of the molecule is CC(O)(CNS(=O)(=O)c1ccc(Br)s1)C(=O)O. The highest BCUT2D eigenvalue weighted by Gasteiger charge is 2.32. The van der Waals surface area contributed by atoms with E-state index in [0.717, 1.165) is 18.3 Å². The molecule has 1 aromatic heterocycles. The summed E-state index contributed by atoms with van der Waals surface area (Å²) in [5.41, 5.74) is -2.14. The largest absolute Gasteiger partial charge is 0.479 e. The average molecular weight is 344 g/mol. The van der Waals surface area contributed by atoms with Gasteiger partial charge in [-0.3, -0.25) is 0 Å². The second-order valence-corrected chi connectivity index (χ2v) is 7.92. The number of hydrogen-bond acceptors (Lipinski definition) is 5. The lowest BCUT2D eigenvalue weighted by atomic mass is 10.1. The molecule has 0 aliphatic carbocycles. The summed E-state index contributed by atoms with van der Waals surface area (Å²) in [6, 6.07) is 2.95. The van der Waals surface area contributed by atoms with Gasteiger partial charge in [0.05, 0.1) is 10.3 Å². The fraction of sp³-hybridized carbons (Fsp3) is 0.375. The van der Waals surface area contributed by atoms with Crippen LogP contribution in [0.5, 0.6) is 0 Å². The number of thiophene rings is 1. The lowest BCUT2D eigenvalue weighted by Crippen LogP contribution is -2.46. The van der Waals surface area contributed by atoms with Gasteiger partial charge in [-0.05, 0) is 35.0 Å². The van der Waals surface area contributed by atoms with Crippen LogP contribution in [0.2, 0.25) is 0 Å². The number of aliphatic hydroxyl groups is 1. The Kier molecular flexibility index (Phi) is 4.31. The molecule has 0 radical (unpaired) electrons. The van der Waals surface area contributed by atoms with Crippen LogP contribution in [0.15, 0.2) is 20.1 Å². The molecule has 0 aliphatic heterocycles. The van der Waals surface area contributed by atoms with Crippen molar-refractivity contribution in [2.45, 2.75) is 16.7 Å². The predicted molar refractivity (Wildman–Crippen MR) is 65.5 cm³/mol. The first-order chi connectivity index (χ1) is 7.65. The third-order valence-corrected chi connectivity index (χ3v) is 5.40. The lowest BCUT2D eigenvalue weighted by molar-refractivity contribution is -0.155. The Labute approximate surface area is 110 Å². The summed E-state index contributed by atoms with van der Waals surface area (Å²) in [5.74, 6) is -1.49. The molecular formula is C8H10BrNO5S2. The molecule has 0 bridgehead atoms. The maximum atomic E-state index is 11.7.